The molecule has 0 spiro atoms. The number of fused-ring (bicyclic) bond motifs is 2. The van der Waals surface area contributed by atoms with Crippen molar-refractivity contribution in [3.8, 4) is 0 Å². The molecule has 2 aromatic heterocycles. The Morgan fingerprint density at radius 1 is 0.810 bits per heavy atom. The van der Waals surface area contributed by atoms with Crippen LogP contribution in [0.25, 0.3) is 26.5 Å². The van der Waals surface area contributed by atoms with Crippen LogP contribution in [-0.2, 0) is 6.42 Å². The normalized spacial score (nSPS) is 11.8. The molecule has 4 heteroatoms. The summed E-state index contributed by atoms with van der Waals surface area (Å²) in [5.41, 5.74) is 2.16. The molecule has 102 valence electrons. The Balaban J connectivity index is 1.55. The molecule has 4 rings (SSSR count). The zero-order chi connectivity index (χ0) is 14.1. The third kappa shape index (κ3) is 2.60. The smallest absolute Gasteiger partial charge is 0.117 e. The Morgan fingerprint density at radius 3 is 2.19 bits per heavy atom. The number of allylic oxidation sites excluding steroid dienone is 1. The van der Waals surface area contributed by atoms with Gasteiger partial charge in [-0.2, -0.15) is 0 Å². The van der Waals surface area contributed by atoms with Crippen molar-refractivity contribution >= 4 is 49.2 Å². The SMILES string of the molecule is C(=Cc1nc2ccccc2s1)Cc1nc2ccccc2s1. The lowest BCUT2D eigenvalue weighted by molar-refractivity contribution is 1.22. The quantitative estimate of drug-likeness (QED) is 0.522. The summed E-state index contributed by atoms with van der Waals surface area (Å²) in [4.78, 5) is 9.24. The molecule has 0 aliphatic heterocycles. The van der Waals surface area contributed by atoms with E-state index in [0.717, 1.165) is 27.5 Å². The second-order valence-electron chi connectivity index (χ2n) is 4.70. The molecule has 0 fully saturated rings. The van der Waals surface area contributed by atoms with E-state index >= 15 is 0 Å². The maximum atomic E-state index is 4.64. The first-order valence-electron chi connectivity index (χ1n) is 6.75. The van der Waals surface area contributed by atoms with Crippen LogP contribution in [0.15, 0.2) is 54.6 Å². The van der Waals surface area contributed by atoms with Crippen molar-refractivity contribution in [3.63, 3.8) is 0 Å². The predicted molar refractivity (Wildman–Crippen MR) is 92.0 cm³/mol. The molecule has 0 amide bonds. The van der Waals surface area contributed by atoms with Gasteiger partial charge in [-0.3, -0.25) is 0 Å². The molecule has 21 heavy (non-hydrogen) atoms. The monoisotopic (exact) mass is 308 g/mol. The van der Waals surface area contributed by atoms with Crippen molar-refractivity contribution in [3.05, 3.63) is 64.6 Å². The molecule has 0 aliphatic rings. The minimum atomic E-state index is 0.856. The van der Waals surface area contributed by atoms with Crippen molar-refractivity contribution in [2.75, 3.05) is 0 Å². The Labute approximate surface area is 130 Å². The molecule has 0 unspecified atom stereocenters. The summed E-state index contributed by atoms with van der Waals surface area (Å²) in [6, 6.07) is 16.5. The van der Waals surface area contributed by atoms with Gasteiger partial charge in [0.05, 0.1) is 25.4 Å². The first-order chi connectivity index (χ1) is 10.4. The maximum Gasteiger partial charge on any atom is 0.117 e. The third-order valence-corrected chi connectivity index (χ3v) is 5.26. The highest BCUT2D eigenvalue weighted by Gasteiger charge is 2.02. The largest absolute Gasteiger partial charge is 0.241 e. The van der Waals surface area contributed by atoms with Gasteiger partial charge in [-0.05, 0) is 30.3 Å². The van der Waals surface area contributed by atoms with Crippen molar-refractivity contribution < 1.29 is 0 Å². The fourth-order valence-corrected chi connectivity index (χ4v) is 4.07. The summed E-state index contributed by atoms with van der Waals surface area (Å²) in [6.45, 7) is 0. The van der Waals surface area contributed by atoms with Gasteiger partial charge < -0.3 is 0 Å². The molecule has 2 nitrogen and oxygen atoms in total. The van der Waals surface area contributed by atoms with Crippen LogP contribution in [0.1, 0.15) is 10.0 Å². The topological polar surface area (TPSA) is 25.8 Å². The number of benzene rings is 2. The van der Waals surface area contributed by atoms with E-state index in [2.05, 4.69) is 58.5 Å². The van der Waals surface area contributed by atoms with Crippen LogP contribution >= 0.6 is 22.7 Å². The molecule has 0 bridgehead atoms. The summed E-state index contributed by atoms with van der Waals surface area (Å²) < 4.78 is 2.48. The van der Waals surface area contributed by atoms with E-state index in [-0.39, 0.29) is 0 Å². The van der Waals surface area contributed by atoms with Crippen molar-refractivity contribution in [1.29, 1.82) is 0 Å². The molecule has 0 aliphatic carbocycles. The molecule has 2 heterocycles. The van der Waals surface area contributed by atoms with Crippen LogP contribution in [0, 0.1) is 0 Å². The average molecular weight is 308 g/mol. The van der Waals surface area contributed by atoms with Gasteiger partial charge in [0.1, 0.15) is 5.01 Å². The van der Waals surface area contributed by atoms with Gasteiger partial charge in [0.2, 0.25) is 0 Å². The van der Waals surface area contributed by atoms with E-state index in [1.807, 2.05) is 12.1 Å². The zero-order valence-corrected chi connectivity index (χ0v) is 12.8. The predicted octanol–water partition coefficient (Wildman–Crippen LogP) is 5.16. The number of hydrogen-bond donors (Lipinski definition) is 0. The summed E-state index contributed by atoms with van der Waals surface area (Å²) in [7, 11) is 0. The lowest BCUT2D eigenvalue weighted by Gasteiger charge is -1.85. The van der Waals surface area contributed by atoms with Crippen LogP contribution in [-0.4, -0.2) is 9.97 Å². The minimum absolute atomic E-state index is 0.856. The summed E-state index contributed by atoms with van der Waals surface area (Å²) in [5, 5.41) is 2.20. The number of hydrogen-bond acceptors (Lipinski definition) is 4. The lowest BCUT2D eigenvalue weighted by Crippen LogP contribution is -1.77. The van der Waals surface area contributed by atoms with E-state index in [9.17, 15) is 0 Å². The second kappa shape index (κ2) is 5.39. The van der Waals surface area contributed by atoms with E-state index in [0.29, 0.717) is 0 Å². The molecule has 2 aromatic carbocycles. The molecular weight excluding hydrogens is 296 g/mol. The number of thiazole rings is 2. The summed E-state index contributed by atoms with van der Waals surface area (Å²) in [5.74, 6) is 0. The standard InChI is InChI=1S/C17H12N2S2/c1-3-8-14-12(6-1)18-16(20-14)10-5-11-17-19-13-7-2-4-9-15(13)21-17/h1-10H,11H2. The van der Waals surface area contributed by atoms with Gasteiger partial charge in [0, 0.05) is 6.42 Å². The van der Waals surface area contributed by atoms with Gasteiger partial charge in [0.25, 0.3) is 0 Å². The van der Waals surface area contributed by atoms with Gasteiger partial charge in [-0.25, -0.2) is 9.97 Å². The molecular formula is C17H12N2S2. The minimum Gasteiger partial charge on any atom is -0.241 e. The second-order valence-corrected chi connectivity index (χ2v) is 6.88. The zero-order valence-electron chi connectivity index (χ0n) is 11.2. The van der Waals surface area contributed by atoms with Gasteiger partial charge in [0.15, 0.2) is 0 Å². The van der Waals surface area contributed by atoms with Crippen molar-refractivity contribution in [2.24, 2.45) is 0 Å². The molecule has 0 radical (unpaired) electrons. The molecule has 0 saturated heterocycles. The first-order valence-corrected chi connectivity index (χ1v) is 8.38. The number of nitrogens with zero attached hydrogens (tertiary/aromatic N) is 2. The average Bonchev–Trinajstić information content (AvgIpc) is 3.09. The number of para-hydroxylation sites is 2. The van der Waals surface area contributed by atoms with Crippen molar-refractivity contribution in [1.82, 2.24) is 9.97 Å². The molecule has 4 aromatic rings. The first kappa shape index (κ1) is 12.7. The Bertz CT molecular complexity index is 868. The van der Waals surface area contributed by atoms with Gasteiger partial charge >= 0.3 is 0 Å². The Kier molecular flexibility index (Phi) is 3.25. The van der Waals surface area contributed by atoms with Crippen LogP contribution < -0.4 is 0 Å². The third-order valence-electron chi connectivity index (χ3n) is 3.20. The highest BCUT2D eigenvalue weighted by molar-refractivity contribution is 7.19. The van der Waals surface area contributed by atoms with E-state index in [4.69, 9.17) is 0 Å². The van der Waals surface area contributed by atoms with Crippen LogP contribution in [0.4, 0.5) is 0 Å². The molecule has 0 N–H and O–H groups in total. The molecule has 0 saturated carbocycles. The molecule has 0 atom stereocenters. The Morgan fingerprint density at radius 2 is 1.48 bits per heavy atom. The number of aromatic nitrogens is 2. The summed E-state index contributed by atoms with van der Waals surface area (Å²) >= 11 is 3.48. The van der Waals surface area contributed by atoms with Crippen LogP contribution in [0.3, 0.4) is 0 Å². The van der Waals surface area contributed by atoms with Crippen LogP contribution in [0.5, 0.6) is 0 Å². The number of rotatable bonds is 3. The van der Waals surface area contributed by atoms with E-state index in [1.165, 1.54) is 9.40 Å². The fraction of sp³-hybridized carbons (Fsp3) is 0.0588. The summed E-state index contributed by atoms with van der Waals surface area (Å²) in [6.07, 6.45) is 5.10. The highest BCUT2D eigenvalue weighted by atomic mass is 32.1. The Hall–Kier alpha value is -2.04. The van der Waals surface area contributed by atoms with Gasteiger partial charge in [-0.15, -0.1) is 22.7 Å². The lowest BCUT2D eigenvalue weighted by atomic mass is 10.3. The van der Waals surface area contributed by atoms with Gasteiger partial charge in [-0.1, -0.05) is 30.3 Å². The van der Waals surface area contributed by atoms with Crippen LogP contribution in [0.2, 0.25) is 0 Å². The highest BCUT2D eigenvalue weighted by Crippen LogP contribution is 2.24. The van der Waals surface area contributed by atoms with E-state index < -0.39 is 0 Å². The van der Waals surface area contributed by atoms with E-state index in [1.54, 1.807) is 22.7 Å². The van der Waals surface area contributed by atoms with Crippen molar-refractivity contribution in [2.45, 2.75) is 6.42 Å². The fourth-order valence-electron chi connectivity index (χ4n) is 2.23. The maximum absolute atomic E-state index is 4.64.